The molecular formula is C17H21ClN4O. The predicted molar refractivity (Wildman–Crippen MR) is 94.0 cm³/mol. The summed E-state index contributed by atoms with van der Waals surface area (Å²) in [6, 6.07) is 11.4. The number of carbonyl (C=O) groups is 1. The maximum absolute atomic E-state index is 11.9. The van der Waals surface area contributed by atoms with Gasteiger partial charge in [-0.25, -0.2) is 4.98 Å². The van der Waals surface area contributed by atoms with Crippen molar-refractivity contribution in [3.05, 3.63) is 58.7 Å². The third kappa shape index (κ3) is 4.43. The van der Waals surface area contributed by atoms with Gasteiger partial charge in [-0.2, -0.15) is 0 Å². The number of hydrogen-bond acceptors (Lipinski definition) is 4. The summed E-state index contributed by atoms with van der Waals surface area (Å²) in [5.74, 6) is 0.418. The largest absolute Gasteiger partial charge is 0.367 e. The van der Waals surface area contributed by atoms with Crippen molar-refractivity contribution in [2.24, 2.45) is 0 Å². The zero-order chi connectivity index (χ0) is 16.8. The van der Waals surface area contributed by atoms with E-state index in [1.807, 2.05) is 38.4 Å². The second-order valence-corrected chi connectivity index (χ2v) is 5.83. The quantitative estimate of drug-likeness (QED) is 0.854. The zero-order valence-electron chi connectivity index (χ0n) is 13.5. The molecule has 0 radical (unpaired) electrons. The Hall–Kier alpha value is -2.11. The average molecular weight is 333 g/mol. The van der Waals surface area contributed by atoms with Gasteiger partial charge in [-0.15, -0.1) is 0 Å². The lowest BCUT2D eigenvalue weighted by atomic mass is 10.1. The maximum atomic E-state index is 11.9. The normalized spacial score (nSPS) is 12.0. The first-order chi connectivity index (χ1) is 11.0. The van der Waals surface area contributed by atoms with Crippen molar-refractivity contribution < 1.29 is 4.79 Å². The second kappa shape index (κ2) is 7.94. The Kier molecular flexibility index (Phi) is 5.96. The lowest BCUT2D eigenvalue weighted by Gasteiger charge is -2.25. The molecule has 2 N–H and O–H groups in total. The third-order valence-electron chi connectivity index (χ3n) is 3.62. The molecule has 1 aromatic carbocycles. The molecule has 0 aliphatic heterocycles. The van der Waals surface area contributed by atoms with E-state index in [0.29, 0.717) is 22.9 Å². The molecule has 0 spiro atoms. The van der Waals surface area contributed by atoms with E-state index in [1.165, 1.54) is 0 Å². The van der Waals surface area contributed by atoms with Crippen LogP contribution in [0.1, 0.15) is 22.0 Å². The fourth-order valence-electron chi connectivity index (χ4n) is 2.34. The SMILES string of the molecule is CNC(=O)c1cccnc1NCC(c1ccc(Cl)cc1)N(C)C. The van der Waals surface area contributed by atoms with E-state index in [9.17, 15) is 4.79 Å². The highest BCUT2D eigenvalue weighted by Crippen LogP contribution is 2.21. The number of carbonyl (C=O) groups excluding carboxylic acids is 1. The summed E-state index contributed by atoms with van der Waals surface area (Å²) in [5, 5.41) is 6.62. The summed E-state index contributed by atoms with van der Waals surface area (Å²) < 4.78 is 0. The van der Waals surface area contributed by atoms with Crippen LogP contribution >= 0.6 is 11.6 Å². The first-order valence-corrected chi connectivity index (χ1v) is 7.73. The zero-order valence-corrected chi connectivity index (χ0v) is 14.3. The Bertz CT molecular complexity index is 658. The number of nitrogens with zero attached hydrogens (tertiary/aromatic N) is 2. The van der Waals surface area contributed by atoms with E-state index in [1.54, 1.807) is 25.4 Å². The molecule has 2 aromatic rings. The third-order valence-corrected chi connectivity index (χ3v) is 3.87. The van der Waals surface area contributed by atoms with Crippen LogP contribution in [0.3, 0.4) is 0 Å². The molecule has 1 amide bonds. The lowest BCUT2D eigenvalue weighted by Crippen LogP contribution is -2.28. The maximum Gasteiger partial charge on any atom is 0.254 e. The number of halogens is 1. The number of amides is 1. The molecule has 0 saturated carbocycles. The Morgan fingerprint density at radius 1 is 1.26 bits per heavy atom. The Morgan fingerprint density at radius 2 is 1.96 bits per heavy atom. The lowest BCUT2D eigenvalue weighted by molar-refractivity contribution is 0.0963. The molecule has 23 heavy (non-hydrogen) atoms. The van der Waals surface area contributed by atoms with Gasteiger partial charge in [0.15, 0.2) is 0 Å². The van der Waals surface area contributed by atoms with Crippen molar-refractivity contribution in [3.63, 3.8) is 0 Å². The monoisotopic (exact) mass is 332 g/mol. The molecule has 1 heterocycles. The van der Waals surface area contributed by atoms with E-state index in [2.05, 4.69) is 20.5 Å². The number of rotatable bonds is 6. The number of benzene rings is 1. The minimum atomic E-state index is -0.159. The highest BCUT2D eigenvalue weighted by molar-refractivity contribution is 6.30. The van der Waals surface area contributed by atoms with Crippen LogP contribution in [0.15, 0.2) is 42.6 Å². The van der Waals surface area contributed by atoms with Gasteiger partial charge in [-0.3, -0.25) is 4.79 Å². The van der Waals surface area contributed by atoms with Crippen molar-refractivity contribution in [2.45, 2.75) is 6.04 Å². The molecule has 0 aliphatic rings. The summed E-state index contributed by atoms with van der Waals surface area (Å²) in [5.41, 5.74) is 1.67. The Balaban J connectivity index is 2.17. The molecule has 2 rings (SSSR count). The summed E-state index contributed by atoms with van der Waals surface area (Å²) in [7, 11) is 5.63. The van der Waals surface area contributed by atoms with Crippen LogP contribution in [0.4, 0.5) is 5.82 Å². The molecular weight excluding hydrogens is 312 g/mol. The molecule has 0 fully saturated rings. The minimum Gasteiger partial charge on any atom is -0.367 e. The molecule has 1 aromatic heterocycles. The van der Waals surface area contributed by atoms with Gasteiger partial charge in [-0.05, 0) is 43.9 Å². The number of nitrogens with one attached hydrogen (secondary N) is 2. The molecule has 0 bridgehead atoms. The van der Waals surface area contributed by atoms with Gasteiger partial charge in [0.25, 0.3) is 5.91 Å². The van der Waals surface area contributed by atoms with Gasteiger partial charge in [0.05, 0.1) is 11.6 Å². The number of pyridine rings is 1. The van der Waals surface area contributed by atoms with Gasteiger partial charge in [0.1, 0.15) is 5.82 Å². The molecule has 0 aliphatic carbocycles. The molecule has 6 heteroatoms. The van der Waals surface area contributed by atoms with Crippen molar-refractivity contribution >= 4 is 23.3 Å². The van der Waals surface area contributed by atoms with Crippen LogP contribution in [-0.2, 0) is 0 Å². The second-order valence-electron chi connectivity index (χ2n) is 5.39. The number of likely N-dealkylation sites (N-methyl/N-ethyl adjacent to an activating group) is 1. The van der Waals surface area contributed by atoms with Gasteiger partial charge in [0.2, 0.25) is 0 Å². The standard InChI is InChI=1S/C17H21ClN4O/c1-19-17(23)14-5-4-10-20-16(14)21-11-15(22(2)3)12-6-8-13(18)9-7-12/h4-10,15H,11H2,1-3H3,(H,19,23)(H,20,21). The fraction of sp³-hybridized carbons (Fsp3) is 0.294. The highest BCUT2D eigenvalue weighted by Gasteiger charge is 2.16. The van der Waals surface area contributed by atoms with E-state index >= 15 is 0 Å². The first-order valence-electron chi connectivity index (χ1n) is 7.35. The van der Waals surface area contributed by atoms with Gasteiger partial charge < -0.3 is 15.5 Å². The molecule has 1 atom stereocenters. The van der Waals surface area contributed by atoms with Crippen molar-refractivity contribution in [1.29, 1.82) is 0 Å². The summed E-state index contributed by atoms with van der Waals surface area (Å²) in [6.07, 6.45) is 1.67. The van der Waals surface area contributed by atoms with Crippen LogP contribution in [0.5, 0.6) is 0 Å². The molecule has 1 unspecified atom stereocenters. The molecule has 5 nitrogen and oxygen atoms in total. The average Bonchev–Trinajstić information content (AvgIpc) is 2.56. The fourth-order valence-corrected chi connectivity index (χ4v) is 2.47. The number of aromatic nitrogens is 1. The van der Waals surface area contributed by atoms with E-state index in [4.69, 9.17) is 11.6 Å². The van der Waals surface area contributed by atoms with Gasteiger partial charge >= 0.3 is 0 Å². The summed E-state index contributed by atoms with van der Waals surface area (Å²) >= 11 is 5.96. The minimum absolute atomic E-state index is 0.131. The molecule has 122 valence electrons. The van der Waals surface area contributed by atoms with E-state index in [0.717, 1.165) is 5.56 Å². The van der Waals surface area contributed by atoms with Crippen LogP contribution in [-0.4, -0.2) is 43.5 Å². The van der Waals surface area contributed by atoms with Crippen LogP contribution in [0.2, 0.25) is 5.02 Å². The smallest absolute Gasteiger partial charge is 0.254 e. The summed E-state index contributed by atoms with van der Waals surface area (Å²) in [6.45, 7) is 0.621. The Labute approximate surface area is 141 Å². The van der Waals surface area contributed by atoms with Gasteiger partial charge in [-0.1, -0.05) is 23.7 Å². The predicted octanol–water partition coefficient (Wildman–Crippen LogP) is 2.81. The van der Waals surface area contributed by atoms with E-state index < -0.39 is 0 Å². The summed E-state index contributed by atoms with van der Waals surface area (Å²) in [4.78, 5) is 18.3. The topological polar surface area (TPSA) is 57.3 Å². The van der Waals surface area contributed by atoms with Gasteiger partial charge in [0, 0.05) is 24.8 Å². The van der Waals surface area contributed by atoms with Crippen molar-refractivity contribution in [3.8, 4) is 0 Å². The number of anilines is 1. The van der Waals surface area contributed by atoms with Crippen LogP contribution in [0.25, 0.3) is 0 Å². The molecule has 0 saturated heterocycles. The highest BCUT2D eigenvalue weighted by atomic mass is 35.5. The number of hydrogen-bond donors (Lipinski definition) is 2. The van der Waals surface area contributed by atoms with Crippen LogP contribution in [0, 0.1) is 0 Å². The van der Waals surface area contributed by atoms with E-state index in [-0.39, 0.29) is 11.9 Å². The first kappa shape index (κ1) is 17.2. The van der Waals surface area contributed by atoms with Crippen molar-refractivity contribution in [2.75, 3.05) is 33.0 Å². The Morgan fingerprint density at radius 3 is 2.57 bits per heavy atom. The van der Waals surface area contributed by atoms with Crippen molar-refractivity contribution in [1.82, 2.24) is 15.2 Å². The van der Waals surface area contributed by atoms with Crippen LogP contribution < -0.4 is 10.6 Å².